The molecule has 19 heavy (non-hydrogen) atoms. The van der Waals surface area contributed by atoms with Gasteiger partial charge in [-0.1, -0.05) is 15.9 Å². The maximum atomic E-state index is 12.1. The zero-order chi connectivity index (χ0) is 13.2. The molecular weight excluding hydrogens is 308 g/mol. The van der Waals surface area contributed by atoms with Gasteiger partial charge in [0.15, 0.2) is 5.82 Å². The molecule has 3 rings (SSSR count). The van der Waals surface area contributed by atoms with Crippen LogP contribution in [-0.2, 0) is 12.8 Å². The molecule has 0 atom stereocenters. The van der Waals surface area contributed by atoms with Gasteiger partial charge in [0.1, 0.15) is 5.75 Å². The molecule has 0 saturated carbocycles. The van der Waals surface area contributed by atoms with Crippen molar-refractivity contribution in [2.75, 3.05) is 6.61 Å². The van der Waals surface area contributed by atoms with Gasteiger partial charge in [-0.25, -0.2) is 9.97 Å². The number of ether oxygens (including phenoxy) is 1. The number of halogens is 1. The van der Waals surface area contributed by atoms with Crippen LogP contribution in [0.1, 0.15) is 21.7 Å². The Morgan fingerprint density at radius 3 is 2.89 bits per heavy atom. The Morgan fingerprint density at radius 1 is 1.32 bits per heavy atom. The van der Waals surface area contributed by atoms with E-state index in [1.165, 1.54) is 0 Å². The molecule has 0 bridgehead atoms. The van der Waals surface area contributed by atoms with Gasteiger partial charge < -0.3 is 4.74 Å². The van der Waals surface area contributed by atoms with E-state index in [4.69, 9.17) is 4.74 Å². The van der Waals surface area contributed by atoms with Gasteiger partial charge in [-0.3, -0.25) is 4.79 Å². The number of nitrogens with zero attached hydrogens (tertiary/aromatic N) is 2. The predicted octanol–water partition coefficient (Wildman–Crippen LogP) is 2.60. The second kappa shape index (κ2) is 5.09. The Kier molecular flexibility index (Phi) is 3.29. The van der Waals surface area contributed by atoms with E-state index in [9.17, 15) is 4.79 Å². The molecule has 2 aromatic rings. The molecule has 0 saturated heterocycles. The number of hydrogen-bond donors (Lipinski definition) is 0. The highest BCUT2D eigenvalue weighted by molar-refractivity contribution is 9.10. The second-order valence-corrected chi connectivity index (χ2v) is 5.24. The summed E-state index contributed by atoms with van der Waals surface area (Å²) in [6, 6.07) is 5.65. The van der Waals surface area contributed by atoms with Crippen LogP contribution in [0, 0.1) is 0 Å². The number of rotatable bonds is 3. The Labute approximate surface area is 119 Å². The van der Waals surface area contributed by atoms with Crippen LogP contribution in [0.5, 0.6) is 5.75 Å². The second-order valence-electron chi connectivity index (χ2n) is 4.32. The number of benzene rings is 1. The van der Waals surface area contributed by atoms with Crippen molar-refractivity contribution in [1.82, 2.24) is 9.97 Å². The van der Waals surface area contributed by atoms with Crippen molar-refractivity contribution in [3.05, 3.63) is 52.0 Å². The van der Waals surface area contributed by atoms with E-state index in [1.54, 1.807) is 18.5 Å². The molecule has 0 spiro atoms. The third-order valence-corrected chi connectivity index (χ3v) is 3.45. The third-order valence-electron chi connectivity index (χ3n) is 2.99. The smallest absolute Gasteiger partial charge is 0.204 e. The summed E-state index contributed by atoms with van der Waals surface area (Å²) in [7, 11) is 0. The van der Waals surface area contributed by atoms with Crippen molar-refractivity contribution in [2.24, 2.45) is 0 Å². The molecule has 0 N–H and O–H groups in total. The van der Waals surface area contributed by atoms with Gasteiger partial charge in [0.05, 0.1) is 6.61 Å². The highest BCUT2D eigenvalue weighted by atomic mass is 79.9. The maximum absolute atomic E-state index is 12.1. The number of Topliss-reactive ketones (excluding diaryl/α,β-unsaturated/α-hetero) is 1. The van der Waals surface area contributed by atoms with E-state index in [1.807, 2.05) is 12.1 Å². The fraction of sp³-hybridized carbons (Fsp3) is 0.214. The Hall–Kier alpha value is -1.75. The number of ketones is 1. The first-order valence-corrected chi connectivity index (χ1v) is 6.77. The minimum absolute atomic E-state index is 0.101. The fourth-order valence-corrected chi connectivity index (χ4v) is 2.73. The van der Waals surface area contributed by atoms with Gasteiger partial charge >= 0.3 is 0 Å². The molecule has 2 heterocycles. The molecule has 1 aliphatic heterocycles. The summed E-state index contributed by atoms with van der Waals surface area (Å²) < 4.78 is 6.57. The van der Waals surface area contributed by atoms with Gasteiger partial charge in [-0.05, 0) is 23.8 Å². The normalized spacial score (nSPS) is 12.9. The number of carbonyl (C=O) groups excluding carboxylic acids is 1. The summed E-state index contributed by atoms with van der Waals surface area (Å²) in [5.41, 5.74) is 2.03. The summed E-state index contributed by atoms with van der Waals surface area (Å²) in [4.78, 5) is 20.1. The van der Waals surface area contributed by atoms with Crippen molar-refractivity contribution in [1.29, 1.82) is 0 Å². The summed E-state index contributed by atoms with van der Waals surface area (Å²) in [6.07, 6.45) is 4.29. The summed E-state index contributed by atoms with van der Waals surface area (Å²) >= 11 is 3.46. The van der Waals surface area contributed by atoms with Crippen LogP contribution in [0.25, 0.3) is 0 Å². The maximum Gasteiger partial charge on any atom is 0.204 e. The molecule has 0 aliphatic carbocycles. The van der Waals surface area contributed by atoms with E-state index in [2.05, 4.69) is 25.9 Å². The van der Waals surface area contributed by atoms with E-state index < -0.39 is 0 Å². The van der Waals surface area contributed by atoms with E-state index in [0.29, 0.717) is 6.61 Å². The molecule has 5 heteroatoms. The highest BCUT2D eigenvalue weighted by Gasteiger charge is 2.20. The summed E-state index contributed by atoms with van der Waals surface area (Å²) in [5.74, 6) is 0.984. The van der Waals surface area contributed by atoms with Crippen LogP contribution in [0.15, 0.2) is 35.1 Å². The van der Waals surface area contributed by atoms with Gasteiger partial charge in [0.25, 0.3) is 0 Å². The van der Waals surface area contributed by atoms with Crippen molar-refractivity contribution < 1.29 is 9.53 Å². The third kappa shape index (κ3) is 2.51. The molecule has 1 aliphatic rings. The fourth-order valence-electron chi connectivity index (χ4n) is 2.17. The number of fused-ring (bicyclic) bond motifs is 1. The Morgan fingerprint density at radius 2 is 2.11 bits per heavy atom. The lowest BCUT2D eigenvalue weighted by atomic mass is 10.0. The van der Waals surface area contributed by atoms with Crippen molar-refractivity contribution in [3.8, 4) is 5.75 Å². The predicted molar refractivity (Wildman–Crippen MR) is 73.4 cm³/mol. The van der Waals surface area contributed by atoms with Crippen LogP contribution < -0.4 is 4.74 Å². The molecule has 96 valence electrons. The largest absolute Gasteiger partial charge is 0.493 e. The lowest BCUT2D eigenvalue weighted by Gasteiger charge is -2.08. The minimum Gasteiger partial charge on any atom is -0.493 e. The molecule has 4 nitrogen and oxygen atoms in total. The van der Waals surface area contributed by atoms with Gasteiger partial charge in [0.2, 0.25) is 5.78 Å². The lowest BCUT2D eigenvalue weighted by molar-refractivity contribution is 0.0982. The molecule has 1 aromatic carbocycles. The standard InChI is InChI=1S/C14H11BrN2O2/c15-11-6-9-2-5-19-13(9)10(7-11)8-12(18)14-16-3-1-4-17-14/h1,3-4,6-7H,2,5,8H2. The lowest BCUT2D eigenvalue weighted by Crippen LogP contribution is -2.09. The zero-order valence-corrected chi connectivity index (χ0v) is 11.7. The highest BCUT2D eigenvalue weighted by Crippen LogP contribution is 2.33. The average Bonchev–Trinajstić information content (AvgIpc) is 2.88. The van der Waals surface area contributed by atoms with E-state index >= 15 is 0 Å². The van der Waals surface area contributed by atoms with E-state index in [-0.39, 0.29) is 18.0 Å². The average molecular weight is 319 g/mol. The minimum atomic E-state index is -0.101. The van der Waals surface area contributed by atoms with Crippen LogP contribution in [-0.4, -0.2) is 22.4 Å². The first kappa shape index (κ1) is 12.3. The molecule has 0 radical (unpaired) electrons. The first-order chi connectivity index (χ1) is 9.24. The van der Waals surface area contributed by atoms with Crippen molar-refractivity contribution in [3.63, 3.8) is 0 Å². The van der Waals surface area contributed by atoms with Gasteiger partial charge in [-0.2, -0.15) is 0 Å². The molecular formula is C14H11BrN2O2. The molecule has 0 fully saturated rings. The molecule has 0 amide bonds. The summed E-state index contributed by atoms with van der Waals surface area (Å²) in [5, 5.41) is 0. The topological polar surface area (TPSA) is 52.1 Å². The Balaban J connectivity index is 1.90. The SMILES string of the molecule is O=C(Cc1cc(Br)cc2c1OCC2)c1ncccn1. The molecule has 0 unspecified atom stereocenters. The summed E-state index contributed by atoms with van der Waals surface area (Å²) in [6.45, 7) is 0.675. The van der Waals surface area contributed by atoms with Crippen LogP contribution >= 0.6 is 15.9 Å². The van der Waals surface area contributed by atoms with Gasteiger partial charge in [0, 0.05) is 35.3 Å². The van der Waals surface area contributed by atoms with E-state index in [0.717, 1.165) is 27.8 Å². The van der Waals surface area contributed by atoms with Crippen molar-refractivity contribution in [2.45, 2.75) is 12.8 Å². The number of carbonyl (C=O) groups is 1. The van der Waals surface area contributed by atoms with Crippen LogP contribution in [0.4, 0.5) is 0 Å². The monoisotopic (exact) mass is 318 g/mol. The van der Waals surface area contributed by atoms with Crippen LogP contribution in [0.2, 0.25) is 0 Å². The number of hydrogen-bond acceptors (Lipinski definition) is 4. The quantitative estimate of drug-likeness (QED) is 0.816. The van der Waals surface area contributed by atoms with Gasteiger partial charge in [-0.15, -0.1) is 0 Å². The first-order valence-electron chi connectivity index (χ1n) is 5.98. The molecule has 1 aromatic heterocycles. The Bertz CT molecular complexity index is 629. The number of aromatic nitrogens is 2. The van der Waals surface area contributed by atoms with Crippen molar-refractivity contribution >= 4 is 21.7 Å². The zero-order valence-electron chi connectivity index (χ0n) is 10.1. The van der Waals surface area contributed by atoms with Crippen LogP contribution in [0.3, 0.4) is 0 Å².